The Hall–Kier alpha value is -1.15. The minimum Gasteiger partial charge on any atom is -0.375 e. The van der Waals surface area contributed by atoms with E-state index >= 15 is 0 Å². The van der Waals surface area contributed by atoms with Crippen LogP contribution in [0.4, 0.5) is 11.4 Å². The Morgan fingerprint density at radius 3 is 2.68 bits per heavy atom. The minimum atomic E-state index is -0.352. The second-order valence-electron chi connectivity index (χ2n) is 4.22. The Bertz CT molecular complexity index is 606. The van der Waals surface area contributed by atoms with Crippen LogP contribution in [0.5, 0.6) is 0 Å². The second-order valence-corrected chi connectivity index (χ2v) is 6.81. The predicted octanol–water partition coefficient (Wildman–Crippen LogP) is 4.49. The van der Waals surface area contributed by atoms with Gasteiger partial charge in [0.25, 0.3) is 5.69 Å². The van der Waals surface area contributed by atoms with Crippen molar-refractivity contribution in [1.82, 2.24) is 0 Å². The van der Waals surface area contributed by atoms with E-state index in [1.165, 1.54) is 15.3 Å². The summed E-state index contributed by atoms with van der Waals surface area (Å²) in [6.45, 7) is 4.76. The number of nitrogens with one attached hydrogen (secondary N) is 1. The maximum atomic E-state index is 11.0. The normalized spacial score (nSPS) is 10.5. The SMILES string of the molecule is Cc1cc(CNc2ccc(I)cc2[N+](=O)[O-])sc1C. The van der Waals surface area contributed by atoms with Crippen molar-refractivity contribution in [1.29, 1.82) is 0 Å². The largest absolute Gasteiger partial charge is 0.375 e. The third-order valence-electron chi connectivity index (χ3n) is 2.83. The third-order valence-corrected chi connectivity index (χ3v) is 4.65. The van der Waals surface area contributed by atoms with E-state index in [0.717, 1.165) is 3.57 Å². The molecular formula is C13H13IN2O2S. The Morgan fingerprint density at radius 2 is 2.11 bits per heavy atom. The number of rotatable bonds is 4. The maximum Gasteiger partial charge on any atom is 0.293 e. The molecule has 0 saturated carbocycles. The molecular weight excluding hydrogens is 375 g/mol. The quantitative estimate of drug-likeness (QED) is 0.477. The number of nitro groups is 1. The van der Waals surface area contributed by atoms with Gasteiger partial charge in [-0.05, 0) is 60.2 Å². The van der Waals surface area contributed by atoms with Gasteiger partial charge in [-0.2, -0.15) is 0 Å². The van der Waals surface area contributed by atoms with E-state index in [1.54, 1.807) is 23.5 Å². The van der Waals surface area contributed by atoms with Gasteiger partial charge in [0.15, 0.2) is 0 Å². The fourth-order valence-electron chi connectivity index (χ4n) is 1.72. The second kappa shape index (κ2) is 5.87. The smallest absolute Gasteiger partial charge is 0.293 e. The number of nitro benzene ring substituents is 1. The van der Waals surface area contributed by atoms with E-state index < -0.39 is 0 Å². The molecule has 2 aromatic rings. The average molecular weight is 388 g/mol. The Kier molecular flexibility index (Phi) is 4.41. The molecule has 0 amide bonds. The molecule has 1 aromatic carbocycles. The van der Waals surface area contributed by atoms with Gasteiger partial charge < -0.3 is 5.32 Å². The number of anilines is 1. The van der Waals surface area contributed by atoms with Crippen molar-refractivity contribution in [2.45, 2.75) is 20.4 Å². The van der Waals surface area contributed by atoms with E-state index in [4.69, 9.17) is 0 Å². The summed E-state index contributed by atoms with van der Waals surface area (Å²) < 4.78 is 0.859. The van der Waals surface area contributed by atoms with E-state index in [1.807, 2.05) is 6.07 Å². The molecule has 2 rings (SSSR count). The molecule has 0 radical (unpaired) electrons. The lowest BCUT2D eigenvalue weighted by atomic mass is 10.2. The number of nitrogens with zero attached hydrogens (tertiary/aromatic N) is 1. The Labute approximate surface area is 129 Å². The highest BCUT2D eigenvalue weighted by atomic mass is 127. The maximum absolute atomic E-state index is 11.0. The topological polar surface area (TPSA) is 55.2 Å². The van der Waals surface area contributed by atoms with Crippen LogP contribution < -0.4 is 5.32 Å². The molecule has 19 heavy (non-hydrogen) atoms. The molecule has 4 nitrogen and oxygen atoms in total. The molecule has 0 bridgehead atoms. The highest BCUT2D eigenvalue weighted by Crippen LogP contribution is 2.28. The van der Waals surface area contributed by atoms with Gasteiger partial charge in [-0.1, -0.05) is 0 Å². The first kappa shape index (κ1) is 14.3. The average Bonchev–Trinajstić information content (AvgIpc) is 2.67. The number of thiophene rings is 1. The fourth-order valence-corrected chi connectivity index (χ4v) is 3.19. The predicted molar refractivity (Wildman–Crippen MR) is 86.9 cm³/mol. The van der Waals surface area contributed by atoms with E-state index in [2.05, 4.69) is 47.8 Å². The zero-order valence-electron chi connectivity index (χ0n) is 10.6. The summed E-state index contributed by atoms with van der Waals surface area (Å²) in [7, 11) is 0. The monoisotopic (exact) mass is 388 g/mol. The minimum absolute atomic E-state index is 0.122. The molecule has 0 atom stereocenters. The van der Waals surface area contributed by atoms with Gasteiger partial charge in [0.1, 0.15) is 5.69 Å². The summed E-state index contributed by atoms with van der Waals surface area (Å²) in [5, 5.41) is 14.2. The first-order valence-electron chi connectivity index (χ1n) is 5.71. The molecule has 0 unspecified atom stereocenters. The van der Waals surface area contributed by atoms with Crippen LogP contribution in [0.25, 0.3) is 0 Å². The van der Waals surface area contributed by atoms with Crippen LogP contribution in [0.2, 0.25) is 0 Å². The summed E-state index contributed by atoms with van der Waals surface area (Å²) in [6, 6.07) is 7.31. The van der Waals surface area contributed by atoms with E-state index in [-0.39, 0.29) is 10.6 Å². The van der Waals surface area contributed by atoms with Gasteiger partial charge in [-0.25, -0.2) is 0 Å². The van der Waals surface area contributed by atoms with Gasteiger partial charge in [-0.15, -0.1) is 11.3 Å². The highest BCUT2D eigenvalue weighted by molar-refractivity contribution is 14.1. The van der Waals surface area contributed by atoms with Crippen molar-refractivity contribution >= 4 is 45.3 Å². The fraction of sp³-hybridized carbons (Fsp3) is 0.231. The first-order valence-corrected chi connectivity index (χ1v) is 7.60. The summed E-state index contributed by atoms with van der Waals surface area (Å²) in [4.78, 5) is 13.1. The molecule has 6 heteroatoms. The zero-order chi connectivity index (χ0) is 14.0. The van der Waals surface area contributed by atoms with E-state index in [9.17, 15) is 10.1 Å². The van der Waals surface area contributed by atoms with Crippen LogP contribution in [0.3, 0.4) is 0 Å². The van der Waals surface area contributed by atoms with Crippen molar-refractivity contribution in [2.75, 3.05) is 5.32 Å². The molecule has 0 aliphatic carbocycles. The van der Waals surface area contributed by atoms with Crippen LogP contribution in [-0.2, 0) is 6.54 Å². The molecule has 0 saturated heterocycles. The van der Waals surface area contributed by atoms with Gasteiger partial charge in [-0.3, -0.25) is 10.1 Å². The van der Waals surface area contributed by atoms with Crippen molar-refractivity contribution in [3.05, 3.63) is 53.3 Å². The molecule has 0 aliphatic heterocycles. The molecule has 1 heterocycles. The first-order chi connectivity index (χ1) is 8.97. The highest BCUT2D eigenvalue weighted by Gasteiger charge is 2.14. The molecule has 0 aliphatic rings. The van der Waals surface area contributed by atoms with Crippen LogP contribution in [0.1, 0.15) is 15.3 Å². The molecule has 100 valence electrons. The molecule has 1 aromatic heterocycles. The number of hydrogen-bond donors (Lipinski definition) is 1. The van der Waals surface area contributed by atoms with Crippen molar-refractivity contribution in [3.63, 3.8) is 0 Å². The summed E-state index contributed by atoms with van der Waals surface area (Å²) in [6.07, 6.45) is 0. The van der Waals surface area contributed by atoms with Gasteiger partial charge in [0.2, 0.25) is 0 Å². The lowest BCUT2D eigenvalue weighted by molar-refractivity contribution is -0.384. The zero-order valence-corrected chi connectivity index (χ0v) is 13.5. The molecule has 0 spiro atoms. The molecule has 1 N–H and O–H groups in total. The summed E-state index contributed by atoms with van der Waals surface area (Å²) >= 11 is 3.79. The van der Waals surface area contributed by atoms with Crippen molar-refractivity contribution < 1.29 is 4.92 Å². The standard InChI is InChI=1S/C13H13IN2O2S/c1-8-5-11(19-9(8)2)7-15-12-4-3-10(14)6-13(12)16(17)18/h3-6,15H,7H2,1-2H3. The van der Waals surface area contributed by atoms with Crippen LogP contribution in [0.15, 0.2) is 24.3 Å². The third kappa shape index (κ3) is 3.44. The number of hydrogen-bond acceptors (Lipinski definition) is 4. The van der Waals surface area contributed by atoms with Crippen LogP contribution in [-0.4, -0.2) is 4.92 Å². The van der Waals surface area contributed by atoms with Gasteiger partial charge in [0, 0.05) is 25.9 Å². The van der Waals surface area contributed by atoms with E-state index in [0.29, 0.717) is 12.2 Å². The van der Waals surface area contributed by atoms with Gasteiger partial charge in [0.05, 0.1) is 4.92 Å². The van der Waals surface area contributed by atoms with Gasteiger partial charge >= 0.3 is 0 Å². The van der Waals surface area contributed by atoms with Crippen LogP contribution in [0, 0.1) is 27.5 Å². The number of aryl methyl sites for hydroxylation is 2. The van der Waals surface area contributed by atoms with Crippen molar-refractivity contribution in [2.24, 2.45) is 0 Å². The Morgan fingerprint density at radius 1 is 1.37 bits per heavy atom. The summed E-state index contributed by atoms with van der Waals surface area (Å²) in [5.41, 5.74) is 1.95. The lowest BCUT2D eigenvalue weighted by Gasteiger charge is -2.06. The van der Waals surface area contributed by atoms with Crippen molar-refractivity contribution in [3.8, 4) is 0 Å². The lowest BCUT2D eigenvalue weighted by Crippen LogP contribution is -2.01. The Balaban J connectivity index is 2.17. The number of halogens is 1. The molecule has 0 fully saturated rings. The number of benzene rings is 1. The summed E-state index contributed by atoms with van der Waals surface area (Å²) in [5.74, 6) is 0. The van der Waals surface area contributed by atoms with Crippen LogP contribution >= 0.6 is 33.9 Å².